The molecule has 6 atom stereocenters. The maximum atomic E-state index is 13.8. The van der Waals surface area contributed by atoms with Gasteiger partial charge in [0.2, 0.25) is 0 Å². The van der Waals surface area contributed by atoms with Crippen LogP contribution < -0.4 is 10.6 Å². The molecular formula is C35H49N3O2. The van der Waals surface area contributed by atoms with Gasteiger partial charge in [-0.25, -0.2) is 0 Å². The van der Waals surface area contributed by atoms with E-state index >= 15 is 0 Å². The third-order valence-electron chi connectivity index (χ3n) is 11.3. The zero-order valence-electron chi connectivity index (χ0n) is 25.2. The zero-order valence-corrected chi connectivity index (χ0v) is 25.2. The predicted molar refractivity (Wildman–Crippen MR) is 162 cm³/mol. The molecule has 40 heavy (non-hydrogen) atoms. The second kappa shape index (κ2) is 11.1. The summed E-state index contributed by atoms with van der Waals surface area (Å²) in [5.41, 5.74) is 6.29. The van der Waals surface area contributed by atoms with Gasteiger partial charge in [-0.15, -0.1) is 0 Å². The van der Waals surface area contributed by atoms with Gasteiger partial charge < -0.3 is 15.5 Å². The van der Waals surface area contributed by atoms with Crippen LogP contribution >= 0.6 is 0 Å². The van der Waals surface area contributed by atoms with Crippen LogP contribution in [0.1, 0.15) is 108 Å². The molecule has 216 valence electrons. The monoisotopic (exact) mass is 543 g/mol. The highest BCUT2D eigenvalue weighted by molar-refractivity contribution is 6.05. The molecule has 5 heteroatoms. The molecule has 2 amide bonds. The largest absolute Gasteiger partial charge is 0.339 e. The van der Waals surface area contributed by atoms with E-state index in [2.05, 4.69) is 56.5 Å². The van der Waals surface area contributed by atoms with Gasteiger partial charge >= 0.3 is 0 Å². The number of hydrogen-bond acceptors (Lipinski definition) is 3. The van der Waals surface area contributed by atoms with E-state index in [4.69, 9.17) is 0 Å². The van der Waals surface area contributed by atoms with Crippen LogP contribution in [0.15, 0.2) is 41.0 Å². The van der Waals surface area contributed by atoms with Gasteiger partial charge in [0.1, 0.15) is 0 Å². The Hall–Kier alpha value is -2.40. The van der Waals surface area contributed by atoms with Crippen molar-refractivity contribution >= 4 is 17.5 Å². The molecule has 1 heterocycles. The Morgan fingerprint density at radius 1 is 1.05 bits per heavy atom. The molecule has 0 spiro atoms. The second-order valence-electron chi connectivity index (χ2n) is 14.0. The molecule has 4 fully saturated rings. The number of carbonyl (C=O) groups excluding carboxylic acids is 2. The van der Waals surface area contributed by atoms with Gasteiger partial charge in [0.05, 0.1) is 0 Å². The normalized spacial score (nSPS) is 36.6. The fourth-order valence-corrected chi connectivity index (χ4v) is 8.70. The molecule has 1 aromatic rings. The molecule has 3 saturated carbocycles. The van der Waals surface area contributed by atoms with E-state index in [1.807, 2.05) is 11.0 Å². The zero-order chi connectivity index (χ0) is 28.0. The predicted octanol–water partition coefficient (Wildman–Crippen LogP) is 7.25. The number of nitrogens with zero attached hydrogens (tertiary/aromatic N) is 1. The lowest BCUT2D eigenvalue weighted by atomic mass is 9.78. The van der Waals surface area contributed by atoms with E-state index in [-0.39, 0.29) is 17.2 Å². The third kappa shape index (κ3) is 5.43. The first-order chi connectivity index (χ1) is 19.2. The van der Waals surface area contributed by atoms with Crippen molar-refractivity contribution in [3.05, 3.63) is 52.1 Å². The van der Waals surface area contributed by atoms with Gasteiger partial charge in [0.25, 0.3) is 11.8 Å². The van der Waals surface area contributed by atoms with Gasteiger partial charge in [0.15, 0.2) is 0 Å². The first-order valence-corrected chi connectivity index (χ1v) is 16.1. The van der Waals surface area contributed by atoms with Gasteiger partial charge in [0, 0.05) is 42.5 Å². The number of amides is 2. The summed E-state index contributed by atoms with van der Waals surface area (Å²) in [5.74, 6) is 3.03. The average Bonchev–Trinajstić information content (AvgIpc) is 3.24. The van der Waals surface area contributed by atoms with E-state index in [0.717, 1.165) is 86.8 Å². The second-order valence-corrected chi connectivity index (χ2v) is 14.0. The summed E-state index contributed by atoms with van der Waals surface area (Å²) < 4.78 is 0. The highest BCUT2D eigenvalue weighted by Gasteiger charge is 2.53. The summed E-state index contributed by atoms with van der Waals surface area (Å²) in [5, 5.41) is 7.16. The highest BCUT2D eigenvalue weighted by atomic mass is 16.2. The maximum Gasteiger partial charge on any atom is 0.253 e. The summed E-state index contributed by atoms with van der Waals surface area (Å²) in [6, 6.07) is 6.59. The SMILES string of the molecule is C/C1=C(/C(=O)Nc2cc(CNC3C(C)CC4CCC3C4)cc(C(=O)N3CCCC3)c2)CCC/C=C(\C)C2CC12C. The smallest absolute Gasteiger partial charge is 0.253 e. The standard InChI is InChI=1S/C35H49N3O2/c1-22-9-5-6-10-30(24(3)35(4)20-31(22)35)33(39)37-29-18-26(17-28(19-29)34(40)38-13-7-8-14-38)21-36-32-23(2)15-25-11-12-27(32)16-25/h9,17-19,23,25,27,31-32,36H,5-8,10-16,20-21H2,1-4H3,(H,37,39)/b22-9+,30-24-. The molecule has 5 aliphatic rings. The Kier molecular flexibility index (Phi) is 7.71. The number of rotatable bonds is 6. The quantitative estimate of drug-likeness (QED) is 0.372. The van der Waals surface area contributed by atoms with E-state index in [9.17, 15) is 9.59 Å². The van der Waals surface area contributed by atoms with Crippen molar-refractivity contribution < 1.29 is 9.59 Å². The molecule has 2 N–H and O–H groups in total. The minimum atomic E-state index is 0.00603. The van der Waals surface area contributed by atoms with Crippen molar-refractivity contribution in [2.45, 2.75) is 104 Å². The van der Waals surface area contributed by atoms with Crippen LogP contribution in [0.5, 0.6) is 0 Å². The molecule has 6 rings (SSSR count). The van der Waals surface area contributed by atoms with Crippen molar-refractivity contribution in [1.82, 2.24) is 10.2 Å². The molecule has 1 aromatic carbocycles. The lowest BCUT2D eigenvalue weighted by molar-refractivity contribution is -0.113. The maximum absolute atomic E-state index is 13.8. The Bertz CT molecular complexity index is 1220. The van der Waals surface area contributed by atoms with Crippen LogP contribution in [-0.4, -0.2) is 35.8 Å². The minimum Gasteiger partial charge on any atom is -0.339 e. The highest BCUT2D eigenvalue weighted by Crippen LogP contribution is 2.61. The molecule has 4 aliphatic carbocycles. The van der Waals surface area contributed by atoms with Gasteiger partial charge in [-0.1, -0.05) is 37.5 Å². The first-order valence-electron chi connectivity index (χ1n) is 16.1. The summed E-state index contributed by atoms with van der Waals surface area (Å²) in [4.78, 5) is 29.3. The van der Waals surface area contributed by atoms with Gasteiger partial charge in [-0.2, -0.15) is 0 Å². The molecule has 0 aromatic heterocycles. The number of fused-ring (bicyclic) bond motifs is 3. The summed E-state index contributed by atoms with van der Waals surface area (Å²) >= 11 is 0. The van der Waals surface area contributed by atoms with Crippen molar-refractivity contribution in [3.63, 3.8) is 0 Å². The Balaban J connectivity index is 1.24. The number of anilines is 1. The fraction of sp³-hybridized carbons (Fsp3) is 0.657. The number of allylic oxidation sites excluding steroid dienone is 3. The van der Waals surface area contributed by atoms with Crippen LogP contribution in [0.25, 0.3) is 0 Å². The number of carbonyl (C=O) groups is 2. The lowest BCUT2D eigenvalue weighted by Crippen LogP contribution is -2.42. The van der Waals surface area contributed by atoms with Crippen LogP contribution in [0.3, 0.4) is 0 Å². The number of benzene rings is 1. The molecule has 1 saturated heterocycles. The Morgan fingerprint density at radius 2 is 1.85 bits per heavy atom. The van der Waals surface area contributed by atoms with Gasteiger partial charge in [-0.3, -0.25) is 9.59 Å². The van der Waals surface area contributed by atoms with Crippen molar-refractivity contribution in [1.29, 1.82) is 0 Å². The average molecular weight is 544 g/mol. The molecule has 2 bridgehead atoms. The number of likely N-dealkylation sites (tertiary alicyclic amines) is 1. The summed E-state index contributed by atoms with van der Waals surface area (Å²) in [6.07, 6.45) is 13.9. The van der Waals surface area contributed by atoms with Gasteiger partial charge in [-0.05, 0) is 124 Å². The Morgan fingerprint density at radius 3 is 2.65 bits per heavy atom. The van der Waals surface area contributed by atoms with Crippen LogP contribution in [0.2, 0.25) is 0 Å². The van der Waals surface area contributed by atoms with E-state index in [0.29, 0.717) is 23.4 Å². The number of nitrogens with one attached hydrogen (secondary N) is 2. The minimum absolute atomic E-state index is 0.00603. The first kappa shape index (κ1) is 27.8. The topological polar surface area (TPSA) is 61.4 Å². The summed E-state index contributed by atoms with van der Waals surface area (Å²) in [7, 11) is 0. The lowest BCUT2D eigenvalue weighted by Gasteiger charge is -2.35. The Labute approximate surface area is 241 Å². The van der Waals surface area contributed by atoms with Crippen LogP contribution in [0.4, 0.5) is 5.69 Å². The van der Waals surface area contributed by atoms with Crippen molar-refractivity contribution in [2.24, 2.45) is 29.1 Å². The molecular weight excluding hydrogens is 494 g/mol. The van der Waals surface area contributed by atoms with Crippen molar-refractivity contribution in [3.8, 4) is 0 Å². The number of hydrogen-bond donors (Lipinski definition) is 2. The van der Waals surface area contributed by atoms with Crippen LogP contribution in [-0.2, 0) is 11.3 Å². The van der Waals surface area contributed by atoms with Crippen LogP contribution in [0, 0.1) is 29.1 Å². The van der Waals surface area contributed by atoms with E-state index in [1.165, 1.54) is 36.8 Å². The molecule has 6 unspecified atom stereocenters. The summed E-state index contributed by atoms with van der Waals surface area (Å²) in [6.45, 7) is 11.5. The molecule has 1 aliphatic heterocycles. The third-order valence-corrected chi connectivity index (χ3v) is 11.3. The molecule has 0 radical (unpaired) electrons. The van der Waals surface area contributed by atoms with E-state index < -0.39 is 0 Å². The molecule has 5 nitrogen and oxygen atoms in total. The van der Waals surface area contributed by atoms with E-state index in [1.54, 1.807) is 0 Å². The van der Waals surface area contributed by atoms with Crippen molar-refractivity contribution in [2.75, 3.05) is 18.4 Å². The fourth-order valence-electron chi connectivity index (χ4n) is 8.70.